The Balaban J connectivity index is 2.02. The molecule has 1 saturated carbocycles. The number of carboxylic acid groups (broad SMARTS) is 1. The van der Waals surface area contributed by atoms with Crippen LogP contribution in [0.15, 0.2) is 30.3 Å². The zero-order valence-corrected chi connectivity index (χ0v) is 11.9. The van der Waals surface area contributed by atoms with Crippen LogP contribution < -0.4 is 5.32 Å². The van der Waals surface area contributed by atoms with Gasteiger partial charge in [-0.2, -0.15) is 0 Å². The van der Waals surface area contributed by atoms with E-state index in [-0.39, 0.29) is 17.9 Å². The number of benzene rings is 1. The standard InChI is InChI=1S/C16H21NO3/c1-10(2)8-14(11-6-4-3-5-7-11)17-15(18)12-9-13(12)16(19)20/h3-7,10,12-14H,8-9H2,1-2H3,(H,17,18)(H,19,20). The van der Waals surface area contributed by atoms with E-state index in [1.807, 2.05) is 30.3 Å². The highest BCUT2D eigenvalue weighted by atomic mass is 16.4. The second-order valence-electron chi connectivity index (χ2n) is 5.89. The van der Waals surface area contributed by atoms with Crippen LogP contribution in [-0.2, 0) is 9.59 Å². The summed E-state index contributed by atoms with van der Waals surface area (Å²) in [5, 5.41) is 11.9. The largest absolute Gasteiger partial charge is 0.481 e. The first-order valence-electron chi connectivity index (χ1n) is 7.07. The van der Waals surface area contributed by atoms with E-state index < -0.39 is 11.9 Å². The Bertz CT molecular complexity index is 484. The van der Waals surface area contributed by atoms with Crippen LogP contribution in [0.1, 0.15) is 38.3 Å². The summed E-state index contributed by atoms with van der Waals surface area (Å²) in [6, 6.07) is 9.79. The van der Waals surface area contributed by atoms with Gasteiger partial charge in [0.25, 0.3) is 0 Å². The summed E-state index contributed by atoms with van der Waals surface area (Å²) >= 11 is 0. The summed E-state index contributed by atoms with van der Waals surface area (Å²) in [7, 11) is 0. The molecular weight excluding hydrogens is 254 g/mol. The number of carbonyl (C=O) groups excluding carboxylic acids is 1. The number of rotatable bonds is 6. The minimum absolute atomic E-state index is 0.0428. The van der Waals surface area contributed by atoms with E-state index in [0.29, 0.717) is 12.3 Å². The second-order valence-corrected chi connectivity index (χ2v) is 5.89. The van der Waals surface area contributed by atoms with Crippen molar-refractivity contribution in [3.8, 4) is 0 Å². The quantitative estimate of drug-likeness (QED) is 0.838. The molecule has 3 unspecified atom stereocenters. The Morgan fingerprint density at radius 3 is 2.40 bits per heavy atom. The number of carbonyl (C=O) groups is 2. The van der Waals surface area contributed by atoms with E-state index in [2.05, 4.69) is 19.2 Å². The summed E-state index contributed by atoms with van der Waals surface area (Å²) in [5.41, 5.74) is 1.07. The Morgan fingerprint density at radius 1 is 1.25 bits per heavy atom. The minimum Gasteiger partial charge on any atom is -0.481 e. The van der Waals surface area contributed by atoms with Crippen molar-refractivity contribution in [3.63, 3.8) is 0 Å². The SMILES string of the molecule is CC(C)CC(NC(=O)C1CC1C(=O)O)c1ccccc1. The number of hydrogen-bond acceptors (Lipinski definition) is 2. The van der Waals surface area contributed by atoms with Gasteiger partial charge in [-0.15, -0.1) is 0 Å². The molecule has 1 aliphatic rings. The van der Waals surface area contributed by atoms with E-state index in [1.165, 1.54) is 0 Å². The van der Waals surface area contributed by atoms with Gasteiger partial charge in [0.15, 0.2) is 0 Å². The third-order valence-corrected chi connectivity index (χ3v) is 3.67. The van der Waals surface area contributed by atoms with Gasteiger partial charge < -0.3 is 10.4 Å². The summed E-state index contributed by atoms with van der Waals surface area (Å²) in [6.45, 7) is 4.22. The fourth-order valence-electron chi connectivity index (χ4n) is 2.47. The van der Waals surface area contributed by atoms with Crippen LogP contribution in [-0.4, -0.2) is 17.0 Å². The van der Waals surface area contributed by atoms with Crippen LogP contribution >= 0.6 is 0 Å². The molecule has 0 aromatic heterocycles. The zero-order valence-electron chi connectivity index (χ0n) is 11.9. The molecule has 1 fully saturated rings. The predicted octanol–water partition coefficient (Wildman–Crippen LogP) is 2.61. The molecule has 2 N–H and O–H groups in total. The maximum absolute atomic E-state index is 12.1. The van der Waals surface area contributed by atoms with Crippen molar-refractivity contribution in [2.24, 2.45) is 17.8 Å². The predicted molar refractivity (Wildman–Crippen MR) is 76.0 cm³/mol. The first-order valence-corrected chi connectivity index (χ1v) is 7.07. The molecule has 2 rings (SSSR count). The fraction of sp³-hybridized carbons (Fsp3) is 0.500. The van der Waals surface area contributed by atoms with Gasteiger partial charge in [-0.3, -0.25) is 9.59 Å². The van der Waals surface area contributed by atoms with Crippen LogP contribution in [0.5, 0.6) is 0 Å². The molecule has 0 saturated heterocycles. The molecule has 108 valence electrons. The molecule has 0 heterocycles. The molecule has 1 amide bonds. The van der Waals surface area contributed by atoms with E-state index in [0.717, 1.165) is 12.0 Å². The lowest BCUT2D eigenvalue weighted by Crippen LogP contribution is -2.31. The topological polar surface area (TPSA) is 66.4 Å². The molecular formula is C16H21NO3. The van der Waals surface area contributed by atoms with Crippen LogP contribution in [0.3, 0.4) is 0 Å². The number of nitrogens with one attached hydrogen (secondary N) is 1. The van der Waals surface area contributed by atoms with E-state index in [9.17, 15) is 9.59 Å². The van der Waals surface area contributed by atoms with Crippen molar-refractivity contribution >= 4 is 11.9 Å². The molecule has 0 aliphatic heterocycles. The lowest BCUT2D eigenvalue weighted by atomic mass is 9.97. The van der Waals surface area contributed by atoms with E-state index >= 15 is 0 Å². The molecule has 0 radical (unpaired) electrons. The maximum Gasteiger partial charge on any atom is 0.307 e. The highest BCUT2D eigenvalue weighted by molar-refractivity contribution is 5.89. The van der Waals surface area contributed by atoms with Crippen molar-refractivity contribution in [2.75, 3.05) is 0 Å². The van der Waals surface area contributed by atoms with Gasteiger partial charge in [-0.1, -0.05) is 44.2 Å². The van der Waals surface area contributed by atoms with Crippen LogP contribution in [0.2, 0.25) is 0 Å². The van der Waals surface area contributed by atoms with Crippen molar-refractivity contribution < 1.29 is 14.7 Å². The summed E-state index contributed by atoms with van der Waals surface area (Å²) in [4.78, 5) is 22.9. The van der Waals surface area contributed by atoms with Crippen molar-refractivity contribution in [3.05, 3.63) is 35.9 Å². The third-order valence-electron chi connectivity index (χ3n) is 3.67. The summed E-state index contributed by atoms with van der Waals surface area (Å²) < 4.78 is 0. The fourth-order valence-corrected chi connectivity index (χ4v) is 2.47. The molecule has 0 spiro atoms. The van der Waals surface area contributed by atoms with Gasteiger partial charge in [-0.05, 0) is 24.3 Å². The van der Waals surface area contributed by atoms with Gasteiger partial charge in [0.1, 0.15) is 0 Å². The highest BCUT2D eigenvalue weighted by Gasteiger charge is 2.48. The number of carboxylic acids is 1. The van der Waals surface area contributed by atoms with E-state index in [4.69, 9.17) is 5.11 Å². The third kappa shape index (κ3) is 3.59. The molecule has 20 heavy (non-hydrogen) atoms. The molecule has 4 nitrogen and oxygen atoms in total. The Hall–Kier alpha value is -1.84. The number of hydrogen-bond donors (Lipinski definition) is 2. The Kier molecular flexibility index (Phi) is 4.42. The molecule has 1 aliphatic carbocycles. The molecule has 4 heteroatoms. The molecule has 1 aromatic rings. The average Bonchev–Trinajstić information content (AvgIpc) is 3.19. The van der Waals surface area contributed by atoms with Gasteiger partial charge >= 0.3 is 5.97 Å². The Labute approximate surface area is 119 Å². The van der Waals surface area contributed by atoms with Crippen molar-refractivity contribution in [1.82, 2.24) is 5.32 Å². The lowest BCUT2D eigenvalue weighted by Gasteiger charge is -2.21. The summed E-state index contributed by atoms with van der Waals surface area (Å²) in [6.07, 6.45) is 1.31. The zero-order chi connectivity index (χ0) is 14.7. The van der Waals surface area contributed by atoms with Crippen LogP contribution in [0, 0.1) is 17.8 Å². The molecule has 1 aromatic carbocycles. The first kappa shape index (κ1) is 14.6. The summed E-state index contributed by atoms with van der Waals surface area (Å²) in [5.74, 6) is -1.40. The van der Waals surface area contributed by atoms with Crippen molar-refractivity contribution in [2.45, 2.75) is 32.7 Å². The maximum atomic E-state index is 12.1. The smallest absolute Gasteiger partial charge is 0.307 e. The minimum atomic E-state index is -0.870. The first-order chi connectivity index (χ1) is 9.49. The Morgan fingerprint density at radius 2 is 1.90 bits per heavy atom. The second kappa shape index (κ2) is 6.07. The van der Waals surface area contributed by atoms with Gasteiger partial charge in [0.2, 0.25) is 5.91 Å². The monoisotopic (exact) mass is 275 g/mol. The lowest BCUT2D eigenvalue weighted by molar-refractivity contribution is -0.140. The molecule has 3 atom stereocenters. The number of amides is 1. The highest BCUT2D eigenvalue weighted by Crippen LogP contribution is 2.39. The van der Waals surface area contributed by atoms with E-state index in [1.54, 1.807) is 0 Å². The van der Waals surface area contributed by atoms with Crippen molar-refractivity contribution in [1.29, 1.82) is 0 Å². The normalized spacial score (nSPS) is 22.4. The molecule has 0 bridgehead atoms. The average molecular weight is 275 g/mol. The van der Waals surface area contributed by atoms with Gasteiger partial charge in [0, 0.05) is 0 Å². The van der Waals surface area contributed by atoms with Crippen LogP contribution in [0.25, 0.3) is 0 Å². The van der Waals surface area contributed by atoms with Gasteiger partial charge in [-0.25, -0.2) is 0 Å². The number of aliphatic carboxylic acids is 1. The van der Waals surface area contributed by atoms with Crippen LogP contribution in [0.4, 0.5) is 0 Å². The van der Waals surface area contributed by atoms with Gasteiger partial charge in [0.05, 0.1) is 17.9 Å².